The van der Waals surface area contributed by atoms with Crippen LogP contribution in [0.15, 0.2) is 91.3 Å². The second-order valence-corrected chi connectivity index (χ2v) is 11.3. The number of hydrogen-bond acceptors (Lipinski definition) is 4. The summed E-state index contributed by atoms with van der Waals surface area (Å²) in [6, 6.07) is 28.7. The average molecular weight is 535 g/mol. The summed E-state index contributed by atoms with van der Waals surface area (Å²) in [5, 5.41) is 14.9. The Balaban J connectivity index is 1.39. The van der Waals surface area contributed by atoms with Crippen LogP contribution >= 0.6 is 0 Å². The molecule has 1 saturated heterocycles. The Morgan fingerprint density at radius 3 is 2.40 bits per heavy atom. The Kier molecular flexibility index (Phi) is 7.80. The molecule has 4 aromatic rings. The molecule has 1 aliphatic carbocycles. The fraction of sp³-hybridized carbons (Fsp3) is 0.353. The number of piperazine rings is 1. The minimum absolute atomic E-state index is 0.0385. The first kappa shape index (κ1) is 26.5. The molecule has 40 heavy (non-hydrogen) atoms. The normalized spacial score (nSPS) is 18.9. The van der Waals surface area contributed by atoms with Crippen molar-refractivity contribution in [3.05, 3.63) is 108 Å². The predicted molar refractivity (Wildman–Crippen MR) is 159 cm³/mol. The molecule has 0 unspecified atom stereocenters. The van der Waals surface area contributed by atoms with Gasteiger partial charge in [0.1, 0.15) is 6.33 Å². The zero-order chi connectivity index (χ0) is 27.4. The van der Waals surface area contributed by atoms with Crippen molar-refractivity contribution < 1.29 is 9.90 Å². The summed E-state index contributed by atoms with van der Waals surface area (Å²) in [4.78, 5) is 21.1. The largest absolute Gasteiger partial charge is 0.390 e. The van der Waals surface area contributed by atoms with Crippen LogP contribution in [0.1, 0.15) is 53.7 Å². The van der Waals surface area contributed by atoms with E-state index in [0.717, 1.165) is 67.7 Å². The number of carbonyl (C=O) groups excluding carboxylic acids is 1. The zero-order valence-electron chi connectivity index (χ0n) is 23.0. The Labute approximate surface area is 236 Å². The summed E-state index contributed by atoms with van der Waals surface area (Å²) in [6.45, 7) is 2.16. The van der Waals surface area contributed by atoms with Gasteiger partial charge in [-0.3, -0.25) is 9.36 Å². The minimum atomic E-state index is -0.689. The Morgan fingerprint density at radius 2 is 1.62 bits per heavy atom. The predicted octanol–water partition coefficient (Wildman–Crippen LogP) is 5.43. The number of hydrogen-bond donors (Lipinski definition) is 2. The van der Waals surface area contributed by atoms with E-state index in [1.807, 2.05) is 65.6 Å². The molecule has 2 fully saturated rings. The fourth-order valence-electron chi connectivity index (χ4n) is 6.43. The first-order valence-electron chi connectivity index (χ1n) is 14.6. The van der Waals surface area contributed by atoms with E-state index in [-0.39, 0.29) is 11.9 Å². The molecule has 206 valence electrons. The number of para-hydroxylation sites is 1. The highest BCUT2D eigenvalue weighted by atomic mass is 16.3. The molecule has 6 heteroatoms. The molecule has 1 atom stereocenters. The van der Waals surface area contributed by atoms with E-state index in [1.54, 1.807) is 6.33 Å². The van der Waals surface area contributed by atoms with E-state index in [2.05, 4.69) is 34.1 Å². The molecule has 6 nitrogen and oxygen atoms in total. The van der Waals surface area contributed by atoms with Crippen molar-refractivity contribution in [1.82, 2.24) is 19.8 Å². The van der Waals surface area contributed by atoms with Crippen LogP contribution in [-0.2, 0) is 12.8 Å². The highest BCUT2D eigenvalue weighted by Gasteiger charge is 2.33. The van der Waals surface area contributed by atoms with Crippen molar-refractivity contribution in [3.63, 3.8) is 0 Å². The van der Waals surface area contributed by atoms with Crippen molar-refractivity contribution >= 4 is 5.91 Å². The van der Waals surface area contributed by atoms with Gasteiger partial charge in [0.15, 0.2) is 5.69 Å². The highest BCUT2D eigenvalue weighted by Crippen LogP contribution is 2.35. The molecule has 1 aliphatic heterocycles. The van der Waals surface area contributed by atoms with E-state index in [9.17, 15) is 9.90 Å². The highest BCUT2D eigenvalue weighted by molar-refractivity contribution is 5.99. The van der Waals surface area contributed by atoms with Gasteiger partial charge in [0.2, 0.25) is 0 Å². The molecular weight excluding hydrogens is 496 g/mol. The molecule has 0 bridgehead atoms. The molecule has 1 saturated carbocycles. The van der Waals surface area contributed by atoms with E-state index in [0.29, 0.717) is 18.7 Å². The van der Waals surface area contributed by atoms with Gasteiger partial charge in [0.05, 0.1) is 17.0 Å². The molecule has 1 aromatic heterocycles. The summed E-state index contributed by atoms with van der Waals surface area (Å²) in [6.07, 6.45) is 8.13. The number of carbonyl (C=O) groups is 1. The topological polar surface area (TPSA) is 70.4 Å². The summed E-state index contributed by atoms with van der Waals surface area (Å²) in [7, 11) is 0. The van der Waals surface area contributed by atoms with Gasteiger partial charge in [-0.05, 0) is 36.5 Å². The third-order valence-corrected chi connectivity index (χ3v) is 8.50. The first-order valence-corrected chi connectivity index (χ1v) is 14.6. The molecule has 2 N–H and O–H groups in total. The lowest BCUT2D eigenvalue weighted by Crippen LogP contribution is -2.54. The molecule has 3 aromatic carbocycles. The SMILES string of the molecule is O=C(c1ncn(-c2ccccc2CC2(O)CCCCC2)c1-c1ccccc1)N1CCNC[C@H]1Cc1ccccc1. The van der Waals surface area contributed by atoms with Crippen LogP contribution in [-0.4, -0.2) is 56.7 Å². The number of aliphatic hydroxyl groups is 1. The second kappa shape index (κ2) is 11.8. The van der Waals surface area contributed by atoms with E-state index >= 15 is 0 Å². The maximum atomic E-state index is 14.3. The van der Waals surface area contributed by atoms with Crippen LogP contribution in [0.5, 0.6) is 0 Å². The lowest BCUT2D eigenvalue weighted by Gasteiger charge is -2.36. The van der Waals surface area contributed by atoms with Crippen molar-refractivity contribution in [2.45, 2.75) is 56.6 Å². The van der Waals surface area contributed by atoms with Gasteiger partial charge in [-0.15, -0.1) is 0 Å². The first-order chi connectivity index (χ1) is 19.6. The van der Waals surface area contributed by atoms with Crippen molar-refractivity contribution in [3.8, 4) is 16.9 Å². The van der Waals surface area contributed by atoms with E-state index in [4.69, 9.17) is 4.98 Å². The lowest BCUT2D eigenvalue weighted by molar-refractivity contribution is 0.00447. The molecule has 6 rings (SSSR count). The van der Waals surface area contributed by atoms with Gasteiger partial charge in [-0.2, -0.15) is 0 Å². The smallest absolute Gasteiger partial charge is 0.275 e. The van der Waals surface area contributed by atoms with Crippen LogP contribution in [0.3, 0.4) is 0 Å². The van der Waals surface area contributed by atoms with Crippen molar-refractivity contribution in [2.24, 2.45) is 0 Å². The fourth-order valence-corrected chi connectivity index (χ4v) is 6.43. The van der Waals surface area contributed by atoms with Gasteiger partial charge in [-0.1, -0.05) is 98.1 Å². The third-order valence-electron chi connectivity index (χ3n) is 8.50. The Morgan fingerprint density at radius 1 is 0.925 bits per heavy atom. The molecule has 0 spiro atoms. The van der Waals surface area contributed by atoms with Crippen molar-refractivity contribution in [1.29, 1.82) is 0 Å². The van der Waals surface area contributed by atoms with Crippen LogP contribution in [0.25, 0.3) is 16.9 Å². The van der Waals surface area contributed by atoms with Gasteiger partial charge in [0.25, 0.3) is 5.91 Å². The summed E-state index contributed by atoms with van der Waals surface area (Å²) in [5.41, 5.74) is 4.79. The third kappa shape index (κ3) is 5.60. The number of aromatic nitrogens is 2. The Hall–Kier alpha value is -3.74. The molecular formula is C34H38N4O2. The number of benzene rings is 3. The van der Waals surface area contributed by atoms with Gasteiger partial charge in [0, 0.05) is 37.7 Å². The number of nitrogens with zero attached hydrogens (tertiary/aromatic N) is 3. The zero-order valence-corrected chi connectivity index (χ0v) is 23.0. The van der Waals surface area contributed by atoms with Crippen molar-refractivity contribution in [2.75, 3.05) is 19.6 Å². The van der Waals surface area contributed by atoms with Crippen LogP contribution in [0.2, 0.25) is 0 Å². The van der Waals surface area contributed by atoms with Crippen LogP contribution in [0.4, 0.5) is 0 Å². The van der Waals surface area contributed by atoms with Crippen LogP contribution < -0.4 is 5.32 Å². The summed E-state index contributed by atoms with van der Waals surface area (Å²) < 4.78 is 2.05. The maximum absolute atomic E-state index is 14.3. The number of amides is 1. The molecule has 0 radical (unpaired) electrons. The summed E-state index contributed by atoms with van der Waals surface area (Å²) in [5.74, 6) is -0.0385. The quantitative estimate of drug-likeness (QED) is 0.332. The number of rotatable bonds is 7. The number of imidazole rings is 1. The van der Waals surface area contributed by atoms with Gasteiger partial charge < -0.3 is 15.3 Å². The standard InChI is InChI=1S/C34H38N4O2/c39-33(37-21-20-35-24-29(37)22-26-12-4-1-5-13-26)31-32(27-14-6-2-7-15-27)38(25-36-31)30-17-9-8-16-28(30)23-34(40)18-10-3-11-19-34/h1-2,4-9,12-17,25,29,35,40H,3,10-11,18-24H2/t29-/m1/s1. The van der Waals surface area contributed by atoms with E-state index in [1.165, 1.54) is 12.0 Å². The average Bonchev–Trinajstić information content (AvgIpc) is 3.44. The Bertz CT molecular complexity index is 1430. The minimum Gasteiger partial charge on any atom is -0.390 e. The van der Waals surface area contributed by atoms with Gasteiger partial charge >= 0.3 is 0 Å². The molecule has 2 heterocycles. The molecule has 1 amide bonds. The number of nitrogens with one attached hydrogen (secondary N) is 1. The monoisotopic (exact) mass is 534 g/mol. The lowest BCUT2D eigenvalue weighted by atomic mass is 9.80. The summed E-state index contributed by atoms with van der Waals surface area (Å²) >= 11 is 0. The maximum Gasteiger partial charge on any atom is 0.275 e. The van der Waals surface area contributed by atoms with E-state index < -0.39 is 5.60 Å². The second-order valence-electron chi connectivity index (χ2n) is 11.3. The van der Waals surface area contributed by atoms with Crippen LogP contribution in [0, 0.1) is 0 Å². The molecule has 2 aliphatic rings. The van der Waals surface area contributed by atoms with Gasteiger partial charge in [-0.25, -0.2) is 4.98 Å².